The molecule has 0 unspecified atom stereocenters. The molecule has 4 aromatic carbocycles. The van der Waals surface area contributed by atoms with Crippen LogP contribution in [-0.4, -0.2) is 9.38 Å². The van der Waals surface area contributed by atoms with Gasteiger partial charge in [0.15, 0.2) is 0 Å². The van der Waals surface area contributed by atoms with E-state index in [-0.39, 0.29) is 5.82 Å². The van der Waals surface area contributed by atoms with Gasteiger partial charge in [-0.15, -0.1) is 0 Å². The first kappa shape index (κ1) is 17.9. The third-order valence-electron chi connectivity index (χ3n) is 6.47. The monoisotopic (exact) mass is 434 g/mol. The lowest BCUT2D eigenvalue weighted by Gasteiger charge is -2.16. The van der Waals surface area contributed by atoms with Crippen LogP contribution >= 0.6 is 11.6 Å². The Labute approximate surface area is 187 Å². The number of aryl methyl sites for hydroxylation is 1. The Morgan fingerprint density at radius 2 is 1.34 bits per heavy atom. The molecule has 0 saturated heterocycles. The maximum atomic E-state index is 13.8. The topological polar surface area (TPSA) is 17.3 Å². The van der Waals surface area contributed by atoms with E-state index in [1.54, 1.807) is 6.07 Å². The van der Waals surface area contributed by atoms with Crippen molar-refractivity contribution in [1.82, 2.24) is 9.38 Å². The molecule has 32 heavy (non-hydrogen) atoms. The van der Waals surface area contributed by atoms with E-state index in [2.05, 4.69) is 59.9 Å². The average molecular weight is 435 g/mol. The third-order valence-corrected chi connectivity index (χ3v) is 6.78. The molecule has 7 rings (SSSR count). The third kappa shape index (κ3) is 2.21. The Kier molecular flexibility index (Phi) is 3.46. The summed E-state index contributed by atoms with van der Waals surface area (Å²) in [5.41, 5.74) is 5.75. The van der Waals surface area contributed by atoms with E-state index in [0.29, 0.717) is 5.02 Å². The summed E-state index contributed by atoms with van der Waals surface area (Å²) in [4.78, 5) is 5.13. The van der Waals surface area contributed by atoms with E-state index >= 15 is 0 Å². The Hall–Kier alpha value is -3.69. The van der Waals surface area contributed by atoms with Crippen LogP contribution in [0.2, 0.25) is 5.02 Å². The molecule has 0 bridgehead atoms. The molecule has 3 aromatic heterocycles. The zero-order chi connectivity index (χ0) is 21.6. The highest BCUT2D eigenvalue weighted by atomic mass is 35.5. The summed E-state index contributed by atoms with van der Waals surface area (Å²) >= 11 is 6.53. The van der Waals surface area contributed by atoms with Gasteiger partial charge < -0.3 is 0 Å². The lowest BCUT2D eigenvalue weighted by atomic mass is 9.96. The number of halogens is 2. The van der Waals surface area contributed by atoms with Gasteiger partial charge in [0, 0.05) is 27.1 Å². The van der Waals surface area contributed by atoms with Crippen LogP contribution < -0.4 is 0 Å². The van der Waals surface area contributed by atoms with Crippen molar-refractivity contribution in [3.63, 3.8) is 0 Å². The van der Waals surface area contributed by atoms with E-state index in [1.165, 1.54) is 39.2 Å². The molecule has 0 aliphatic heterocycles. The molecule has 2 nitrogen and oxygen atoms in total. The van der Waals surface area contributed by atoms with Gasteiger partial charge in [0.25, 0.3) is 0 Å². The second-order valence-electron chi connectivity index (χ2n) is 8.39. The highest BCUT2D eigenvalue weighted by Gasteiger charge is 2.23. The van der Waals surface area contributed by atoms with Crippen LogP contribution in [-0.2, 0) is 0 Å². The molecule has 0 fully saturated rings. The molecular formula is C28H16ClFN2. The van der Waals surface area contributed by atoms with Crippen LogP contribution in [0.5, 0.6) is 0 Å². The fourth-order valence-electron chi connectivity index (χ4n) is 5.20. The van der Waals surface area contributed by atoms with Crippen LogP contribution in [0, 0.1) is 12.7 Å². The van der Waals surface area contributed by atoms with Gasteiger partial charge >= 0.3 is 0 Å². The summed E-state index contributed by atoms with van der Waals surface area (Å²) in [6, 6.07) is 25.8. The minimum absolute atomic E-state index is 0.356. The predicted octanol–water partition coefficient (Wildman–Crippen LogP) is 8.15. The van der Waals surface area contributed by atoms with Gasteiger partial charge in [-0.25, -0.2) is 9.37 Å². The molecule has 0 N–H and O–H groups in total. The van der Waals surface area contributed by atoms with E-state index in [0.717, 1.165) is 38.7 Å². The number of benzene rings is 4. The Bertz CT molecular complexity index is 1850. The van der Waals surface area contributed by atoms with Gasteiger partial charge in [-0.3, -0.25) is 4.40 Å². The smallest absolute Gasteiger partial charge is 0.146 e. The lowest BCUT2D eigenvalue weighted by Crippen LogP contribution is -1.96. The maximum Gasteiger partial charge on any atom is 0.146 e. The first-order valence-corrected chi connectivity index (χ1v) is 10.9. The van der Waals surface area contributed by atoms with Crippen molar-refractivity contribution in [3.05, 3.63) is 95.3 Å². The van der Waals surface area contributed by atoms with Gasteiger partial charge in [-0.2, -0.15) is 0 Å². The summed E-state index contributed by atoms with van der Waals surface area (Å²) in [5, 5.41) is 7.29. The maximum absolute atomic E-state index is 13.8. The van der Waals surface area contributed by atoms with Crippen molar-refractivity contribution in [2.45, 2.75) is 6.92 Å². The lowest BCUT2D eigenvalue weighted by molar-refractivity contribution is 0.628. The largest absolute Gasteiger partial charge is 0.290 e. The van der Waals surface area contributed by atoms with Crippen molar-refractivity contribution in [2.75, 3.05) is 0 Å². The van der Waals surface area contributed by atoms with Crippen LogP contribution in [0.4, 0.5) is 4.39 Å². The van der Waals surface area contributed by atoms with Gasteiger partial charge in [0.2, 0.25) is 0 Å². The van der Waals surface area contributed by atoms with Gasteiger partial charge in [-0.05, 0) is 53.6 Å². The normalized spacial score (nSPS) is 12.2. The van der Waals surface area contributed by atoms with E-state index < -0.39 is 0 Å². The van der Waals surface area contributed by atoms with Crippen LogP contribution in [0.25, 0.3) is 60.3 Å². The number of imidazole rings is 1. The molecule has 3 heterocycles. The zero-order valence-corrected chi connectivity index (χ0v) is 17.9. The van der Waals surface area contributed by atoms with Crippen LogP contribution in [0.15, 0.2) is 78.9 Å². The first-order chi connectivity index (χ1) is 15.6. The minimum Gasteiger partial charge on any atom is -0.290 e. The van der Waals surface area contributed by atoms with Gasteiger partial charge in [0.1, 0.15) is 11.5 Å². The molecule has 0 aliphatic carbocycles. The number of nitrogens with zero attached hydrogens (tertiary/aromatic N) is 2. The van der Waals surface area contributed by atoms with Crippen molar-refractivity contribution >= 4 is 60.6 Å². The summed E-state index contributed by atoms with van der Waals surface area (Å²) in [7, 11) is 0. The number of hydrogen-bond donors (Lipinski definition) is 0. The molecular weight excluding hydrogens is 419 g/mol. The Balaban J connectivity index is 1.86. The summed E-state index contributed by atoms with van der Waals surface area (Å²) in [5.74, 6) is -0.356. The number of rotatable bonds is 1. The second-order valence-corrected chi connectivity index (χ2v) is 8.80. The molecule has 0 atom stereocenters. The Morgan fingerprint density at radius 3 is 2.03 bits per heavy atom. The van der Waals surface area contributed by atoms with Gasteiger partial charge in [-0.1, -0.05) is 60.1 Å². The molecule has 4 heteroatoms. The highest BCUT2D eigenvalue weighted by molar-refractivity contribution is 6.34. The summed E-state index contributed by atoms with van der Waals surface area (Å²) in [6.07, 6.45) is 0. The highest BCUT2D eigenvalue weighted by Crippen LogP contribution is 2.43. The minimum atomic E-state index is -0.356. The molecule has 0 saturated carbocycles. The number of fused-ring (bicyclic) bond motifs is 6. The van der Waals surface area contributed by atoms with E-state index in [9.17, 15) is 4.39 Å². The summed E-state index contributed by atoms with van der Waals surface area (Å²) in [6.45, 7) is 2.14. The average Bonchev–Trinajstić information content (AvgIpc) is 3.19. The molecule has 152 valence electrons. The number of aromatic nitrogens is 2. The van der Waals surface area contributed by atoms with E-state index in [1.807, 2.05) is 12.1 Å². The van der Waals surface area contributed by atoms with Crippen LogP contribution in [0.3, 0.4) is 0 Å². The zero-order valence-electron chi connectivity index (χ0n) is 17.2. The molecule has 7 aromatic rings. The van der Waals surface area contributed by atoms with Crippen molar-refractivity contribution in [3.8, 4) is 11.3 Å². The van der Waals surface area contributed by atoms with E-state index in [4.69, 9.17) is 16.6 Å². The van der Waals surface area contributed by atoms with Crippen molar-refractivity contribution in [2.24, 2.45) is 0 Å². The molecule has 0 aliphatic rings. The number of hydrogen-bond acceptors (Lipinski definition) is 1. The summed E-state index contributed by atoms with van der Waals surface area (Å²) < 4.78 is 16.1. The van der Waals surface area contributed by atoms with Crippen molar-refractivity contribution < 1.29 is 4.39 Å². The van der Waals surface area contributed by atoms with Crippen molar-refractivity contribution in [1.29, 1.82) is 0 Å². The Morgan fingerprint density at radius 1 is 0.719 bits per heavy atom. The quantitative estimate of drug-likeness (QED) is 0.188. The number of pyridine rings is 2. The fourth-order valence-corrected chi connectivity index (χ4v) is 5.46. The predicted molar refractivity (Wildman–Crippen MR) is 132 cm³/mol. The molecule has 0 amide bonds. The van der Waals surface area contributed by atoms with Gasteiger partial charge in [0.05, 0.1) is 21.7 Å². The standard InChI is InChI=1S/C28H16ClFN2/c1-15-12-22-17-6-2-4-8-19(17)27-25(21-11-10-16(30)14-24(21)29)31-28-20-9-5-3-7-18(20)23(13-15)26(22)32(27)28/h2-14H,1H3. The molecule has 0 radical (unpaired) electrons. The second kappa shape index (κ2) is 6.18. The molecule has 0 spiro atoms. The fraction of sp³-hybridized carbons (Fsp3) is 0.0357. The SMILES string of the molecule is Cc1cc2c3ccccc3c3nc(-c4ccc(F)cc4Cl)c4c5ccccc5c(c1)c2n34. The van der Waals surface area contributed by atoms with Crippen LogP contribution in [0.1, 0.15) is 5.56 Å². The first-order valence-electron chi connectivity index (χ1n) is 10.5.